The molecule has 2 N–H and O–H groups in total. The van der Waals surface area contributed by atoms with Crippen LogP contribution in [0.2, 0.25) is 10.0 Å². The first-order valence-corrected chi connectivity index (χ1v) is 8.98. The minimum absolute atomic E-state index is 0.0920. The summed E-state index contributed by atoms with van der Waals surface area (Å²) in [7, 11) is 1.49. The van der Waals surface area contributed by atoms with Gasteiger partial charge in [-0.1, -0.05) is 35.3 Å². The van der Waals surface area contributed by atoms with Gasteiger partial charge in [0.05, 0.1) is 29.3 Å². The number of ether oxygens (including phenoxy) is 2. The van der Waals surface area contributed by atoms with Gasteiger partial charge < -0.3 is 20.1 Å². The molecule has 0 radical (unpaired) electrons. The van der Waals surface area contributed by atoms with Crippen LogP contribution in [0, 0.1) is 0 Å². The smallest absolute Gasteiger partial charge is 0.306 e. The van der Waals surface area contributed by atoms with Crippen LogP contribution >= 0.6 is 23.2 Å². The Morgan fingerprint density at radius 2 is 1.68 bits per heavy atom. The Morgan fingerprint density at radius 3 is 2.39 bits per heavy atom. The van der Waals surface area contributed by atoms with Gasteiger partial charge in [0.2, 0.25) is 5.91 Å². The van der Waals surface area contributed by atoms with Crippen molar-refractivity contribution in [2.45, 2.75) is 12.8 Å². The summed E-state index contributed by atoms with van der Waals surface area (Å²) in [4.78, 5) is 35.5. The maximum absolute atomic E-state index is 11.9. The van der Waals surface area contributed by atoms with Crippen molar-refractivity contribution in [3.8, 4) is 5.75 Å². The van der Waals surface area contributed by atoms with E-state index in [1.54, 1.807) is 30.3 Å². The molecule has 28 heavy (non-hydrogen) atoms. The SMILES string of the molecule is COc1ccccc1NC(=O)CCC(=O)OCC(=O)Nc1ccc(Cl)c(Cl)c1. The zero-order valence-electron chi connectivity index (χ0n) is 15.0. The van der Waals surface area contributed by atoms with Gasteiger partial charge in [0.1, 0.15) is 5.75 Å². The summed E-state index contributed by atoms with van der Waals surface area (Å²) in [5.41, 5.74) is 0.927. The molecule has 9 heteroatoms. The van der Waals surface area contributed by atoms with Crippen molar-refractivity contribution >= 4 is 52.4 Å². The summed E-state index contributed by atoms with van der Waals surface area (Å²) in [6.45, 7) is -0.479. The number of para-hydroxylation sites is 2. The van der Waals surface area contributed by atoms with E-state index in [1.165, 1.54) is 19.2 Å². The zero-order valence-corrected chi connectivity index (χ0v) is 16.5. The minimum Gasteiger partial charge on any atom is -0.495 e. The summed E-state index contributed by atoms with van der Waals surface area (Å²) >= 11 is 11.7. The van der Waals surface area contributed by atoms with Gasteiger partial charge >= 0.3 is 5.97 Å². The maximum Gasteiger partial charge on any atom is 0.306 e. The lowest BCUT2D eigenvalue weighted by molar-refractivity contribution is -0.147. The van der Waals surface area contributed by atoms with Gasteiger partial charge in [-0.25, -0.2) is 0 Å². The Labute approximate surface area is 171 Å². The largest absolute Gasteiger partial charge is 0.495 e. The summed E-state index contributed by atoms with van der Waals surface area (Å²) in [5, 5.41) is 5.82. The van der Waals surface area contributed by atoms with Crippen LogP contribution in [0.4, 0.5) is 11.4 Å². The normalized spacial score (nSPS) is 10.1. The predicted octanol–water partition coefficient (Wildman–Crippen LogP) is 3.90. The lowest BCUT2D eigenvalue weighted by Crippen LogP contribution is -2.21. The van der Waals surface area contributed by atoms with Crippen molar-refractivity contribution in [2.24, 2.45) is 0 Å². The summed E-state index contributed by atoms with van der Waals surface area (Å²) in [5.74, 6) is -1.07. The molecule has 2 amide bonds. The number of hydrogen-bond acceptors (Lipinski definition) is 5. The van der Waals surface area contributed by atoms with E-state index in [-0.39, 0.29) is 23.8 Å². The van der Waals surface area contributed by atoms with Gasteiger partial charge in [0.15, 0.2) is 6.61 Å². The number of halogens is 2. The second-order valence-corrected chi connectivity index (χ2v) is 6.40. The van der Waals surface area contributed by atoms with E-state index in [2.05, 4.69) is 10.6 Å². The molecule has 0 unspecified atom stereocenters. The van der Waals surface area contributed by atoms with Crippen LogP contribution in [0.5, 0.6) is 5.75 Å². The van der Waals surface area contributed by atoms with Crippen molar-refractivity contribution < 1.29 is 23.9 Å². The number of hydrogen-bond donors (Lipinski definition) is 2. The third kappa shape index (κ3) is 6.75. The zero-order chi connectivity index (χ0) is 20.5. The topological polar surface area (TPSA) is 93.7 Å². The van der Waals surface area contributed by atoms with Gasteiger partial charge in [-0.15, -0.1) is 0 Å². The highest BCUT2D eigenvalue weighted by Gasteiger charge is 2.12. The fourth-order valence-electron chi connectivity index (χ4n) is 2.17. The molecule has 0 aliphatic heterocycles. The Morgan fingerprint density at radius 1 is 0.929 bits per heavy atom. The number of carbonyl (C=O) groups is 3. The van der Waals surface area contributed by atoms with Crippen molar-refractivity contribution in [1.82, 2.24) is 0 Å². The summed E-state index contributed by atoms with van der Waals surface area (Å²) < 4.78 is 9.99. The number of esters is 1. The predicted molar refractivity (Wildman–Crippen MR) is 107 cm³/mol. The van der Waals surface area contributed by atoms with E-state index < -0.39 is 18.5 Å². The first-order chi connectivity index (χ1) is 13.4. The Kier molecular flexibility index (Phi) is 8.10. The first kappa shape index (κ1) is 21.5. The molecular formula is C19H18Cl2N2O5. The second kappa shape index (κ2) is 10.5. The molecule has 2 aromatic carbocycles. The van der Waals surface area contributed by atoms with Gasteiger partial charge in [0.25, 0.3) is 5.91 Å². The van der Waals surface area contributed by atoms with Crippen molar-refractivity contribution in [3.63, 3.8) is 0 Å². The monoisotopic (exact) mass is 424 g/mol. The highest BCUT2D eigenvalue weighted by atomic mass is 35.5. The van der Waals surface area contributed by atoms with Crippen LogP contribution in [0.3, 0.4) is 0 Å². The molecule has 148 valence electrons. The minimum atomic E-state index is -0.667. The molecule has 0 fully saturated rings. The lowest BCUT2D eigenvalue weighted by atomic mass is 10.2. The molecular weight excluding hydrogens is 407 g/mol. The lowest BCUT2D eigenvalue weighted by Gasteiger charge is -2.10. The highest BCUT2D eigenvalue weighted by molar-refractivity contribution is 6.42. The number of amides is 2. The van der Waals surface area contributed by atoms with Crippen LogP contribution < -0.4 is 15.4 Å². The molecule has 0 aliphatic carbocycles. The summed E-state index contributed by atoms with van der Waals surface area (Å²) in [6.07, 6.45) is -0.258. The molecule has 0 heterocycles. The van der Waals surface area contributed by atoms with Gasteiger partial charge in [-0.2, -0.15) is 0 Å². The molecule has 0 saturated carbocycles. The van der Waals surface area contributed by atoms with E-state index in [4.69, 9.17) is 32.7 Å². The number of benzene rings is 2. The molecule has 0 bridgehead atoms. The Bertz CT molecular complexity index is 873. The molecule has 0 atom stereocenters. The number of anilines is 2. The van der Waals surface area contributed by atoms with Gasteiger partial charge in [-0.3, -0.25) is 14.4 Å². The van der Waals surface area contributed by atoms with E-state index in [1.807, 2.05) is 0 Å². The first-order valence-electron chi connectivity index (χ1n) is 8.22. The third-order valence-electron chi connectivity index (χ3n) is 3.50. The average Bonchev–Trinajstić information content (AvgIpc) is 2.68. The molecule has 0 aromatic heterocycles. The molecule has 7 nitrogen and oxygen atoms in total. The summed E-state index contributed by atoms with van der Waals surface area (Å²) in [6, 6.07) is 11.5. The number of methoxy groups -OCH3 is 1. The van der Waals surface area contributed by atoms with Gasteiger partial charge in [0, 0.05) is 12.1 Å². The van der Waals surface area contributed by atoms with E-state index in [9.17, 15) is 14.4 Å². The van der Waals surface area contributed by atoms with Crippen LogP contribution in [-0.4, -0.2) is 31.5 Å². The highest BCUT2D eigenvalue weighted by Crippen LogP contribution is 2.25. The molecule has 2 aromatic rings. The fourth-order valence-corrected chi connectivity index (χ4v) is 2.46. The Hall–Kier alpha value is -2.77. The van der Waals surface area contributed by atoms with Crippen LogP contribution in [0.15, 0.2) is 42.5 Å². The average molecular weight is 425 g/mol. The fraction of sp³-hybridized carbons (Fsp3) is 0.211. The van der Waals surface area contributed by atoms with Crippen molar-refractivity contribution in [3.05, 3.63) is 52.5 Å². The van der Waals surface area contributed by atoms with E-state index in [0.717, 1.165) is 0 Å². The van der Waals surface area contributed by atoms with Crippen LogP contribution in [0.1, 0.15) is 12.8 Å². The van der Waals surface area contributed by atoms with E-state index >= 15 is 0 Å². The number of carbonyl (C=O) groups excluding carboxylic acids is 3. The standard InChI is InChI=1S/C19H18Cl2N2O5/c1-27-16-5-3-2-4-15(16)23-17(24)8-9-19(26)28-11-18(25)22-12-6-7-13(20)14(21)10-12/h2-7,10H,8-9,11H2,1H3,(H,22,25)(H,23,24). The van der Waals surface area contributed by atoms with Gasteiger partial charge in [-0.05, 0) is 30.3 Å². The second-order valence-electron chi connectivity index (χ2n) is 5.59. The number of rotatable bonds is 8. The van der Waals surface area contributed by atoms with Crippen molar-refractivity contribution in [1.29, 1.82) is 0 Å². The van der Waals surface area contributed by atoms with Crippen molar-refractivity contribution in [2.75, 3.05) is 24.4 Å². The Balaban J connectivity index is 1.72. The number of nitrogens with one attached hydrogen (secondary N) is 2. The molecule has 2 rings (SSSR count). The van der Waals surface area contributed by atoms with Crippen LogP contribution in [0.25, 0.3) is 0 Å². The molecule has 0 spiro atoms. The third-order valence-corrected chi connectivity index (χ3v) is 4.24. The van der Waals surface area contributed by atoms with E-state index in [0.29, 0.717) is 22.1 Å². The quantitative estimate of drug-likeness (QED) is 0.626. The molecule has 0 saturated heterocycles. The maximum atomic E-state index is 11.9. The molecule has 0 aliphatic rings. The van der Waals surface area contributed by atoms with Crippen LogP contribution in [-0.2, 0) is 19.1 Å².